The molecule has 1 heterocycles. The number of nitrogens with one attached hydrogen (secondary N) is 1. The fourth-order valence-corrected chi connectivity index (χ4v) is 0.897. The maximum atomic E-state index is 4.15. The number of hydrogen-bond donors (Lipinski definition) is 1. The predicted octanol–water partition coefficient (Wildman–Crippen LogP) is 0.690. The van der Waals surface area contributed by atoms with Gasteiger partial charge in [0.1, 0.15) is 0 Å². The molecular formula is C7H13BN2. The zero-order valence-corrected chi connectivity index (χ0v) is 6.81. The van der Waals surface area contributed by atoms with Crippen LogP contribution >= 0.6 is 0 Å². The van der Waals surface area contributed by atoms with Gasteiger partial charge in [-0.05, 0) is 0 Å². The van der Waals surface area contributed by atoms with Crippen LogP contribution in [-0.2, 0) is 0 Å². The Bertz CT molecular complexity index is 186. The van der Waals surface area contributed by atoms with Crippen molar-refractivity contribution >= 4 is 13.0 Å². The van der Waals surface area contributed by atoms with Crippen molar-refractivity contribution in [1.29, 1.82) is 0 Å². The van der Waals surface area contributed by atoms with Gasteiger partial charge < -0.3 is 4.98 Å². The number of hydrogen-bond acceptors (Lipinski definition) is 1. The number of nitrogens with zero attached hydrogens (tertiary/aromatic N) is 1. The number of imidazole rings is 1. The highest BCUT2D eigenvalue weighted by molar-refractivity contribution is 6.54. The molecule has 0 radical (unpaired) electrons. The molecule has 1 rings (SSSR count). The molecule has 0 aliphatic rings. The molecule has 0 fully saturated rings. The molecule has 0 amide bonds. The molecule has 0 aromatic carbocycles. The predicted molar refractivity (Wildman–Crippen MR) is 45.1 cm³/mol. The summed E-state index contributed by atoms with van der Waals surface area (Å²) in [5.74, 6) is 0. The van der Waals surface area contributed by atoms with Crippen LogP contribution in [0, 0.1) is 0 Å². The molecule has 1 aromatic heterocycles. The van der Waals surface area contributed by atoms with Gasteiger partial charge in [-0.15, -0.1) is 0 Å². The molecule has 0 saturated heterocycles. The van der Waals surface area contributed by atoms with Gasteiger partial charge in [0.25, 0.3) is 0 Å². The molecule has 0 aliphatic carbocycles. The molecule has 0 aliphatic heterocycles. The Hall–Kier alpha value is -0.725. The van der Waals surface area contributed by atoms with Gasteiger partial charge in [0, 0.05) is 12.4 Å². The summed E-state index contributed by atoms with van der Waals surface area (Å²) in [6.07, 6.45) is 3.65. The van der Waals surface area contributed by atoms with Crippen molar-refractivity contribution in [2.75, 3.05) is 0 Å². The van der Waals surface area contributed by atoms with Crippen molar-refractivity contribution < 1.29 is 0 Å². The molecule has 3 heteroatoms. The van der Waals surface area contributed by atoms with Crippen LogP contribution < -0.4 is 5.72 Å². The first-order chi connectivity index (χ1) is 4.58. The third-order valence-electron chi connectivity index (χ3n) is 1.25. The zero-order valence-electron chi connectivity index (χ0n) is 6.81. The second kappa shape index (κ2) is 2.49. The van der Waals surface area contributed by atoms with Crippen molar-refractivity contribution in [3.05, 3.63) is 12.4 Å². The Kier molecular flexibility index (Phi) is 1.83. The Labute approximate surface area is 62.3 Å². The first-order valence-electron chi connectivity index (χ1n) is 3.56. The van der Waals surface area contributed by atoms with E-state index in [0.717, 1.165) is 13.0 Å². The molecular weight excluding hydrogens is 123 g/mol. The lowest BCUT2D eigenvalue weighted by molar-refractivity contribution is 0.757. The van der Waals surface area contributed by atoms with Gasteiger partial charge in [0.15, 0.2) is 0 Å². The minimum absolute atomic E-state index is 0.331. The minimum atomic E-state index is 0.331. The zero-order chi connectivity index (χ0) is 7.61. The van der Waals surface area contributed by atoms with Crippen LogP contribution in [0.1, 0.15) is 20.8 Å². The maximum Gasteiger partial charge on any atom is 0.209 e. The van der Waals surface area contributed by atoms with Crippen LogP contribution in [0.5, 0.6) is 0 Å². The van der Waals surface area contributed by atoms with Crippen LogP contribution in [0.4, 0.5) is 0 Å². The number of aromatic nitrogens is 2. The average molecular weight is 136 g/mol. The monoisotopic (exact) mass is 136 g/mol. The highest BCUT2D eigenvalue weighted by Gasteiger charge is 2.14. The molecule has 0 saturated carbocycles. The molecule has 1 N–H and O–H groups in total. The van der Waals surface area contributed by atoms with Crippen molar-refractivity contribution in [2.24, 2.45) is 0 Å². The largest absolute Gasteiger partial charge is 0.357 e. The van der Waals surface area contributed by atoms with Crippen LogP contribution in [0.25, 0.3) is 0 Å². The average Bonchev–Trinajstić information content (AvgIpc) is 2.12. The van der Waals surface area contributed by atoms with E-state index < -0.39 is 0 Å². The van der Waals surface area contributed by atoms with Crippen molar-refractivity contribution in [3.63, 3.8) is 0 Å². The quantitative estimate of drug-likeness (QED) is 0.565. The molecule has 54 valence electrons. The second-order valence-corrected chi connectivity index (χ2v) is 3.77. The van der Waals surface area contributed by atoms with Gasteiger partial charge in [-0.3, -0.25) is 4.98 Å². The standard InChI is InChI=1S/C7H13BN2/c1-7(2,3)8-6-9-4-5-10-6/h4-5,8H,1-3H3,(H,9,10). The summed E-state index contributed by atoms with van der Waals surface area (Å²) in [6.45, 7) is 6.61. The Balaban J connectivity index is 2.57. The third kappa shape index (κ3) is 2.25. The topological polar surface area (TPSA) is 28.7 Å². The molecule has 10 heavy (non-hydrogen) atoms. The smallest absolute Gasteiger partial charge is 0.209 e. The van der Waals surface area contributed by atoms with Crippen LogP contribution in [-0.4, -0.2) is 17.2 Å². The van der Waals surface area contributed by atoms with Crippen LogP contribution in [0.3, 0.4) is 0 Å². The first-order valence-corrected chi connectivity index (χ1v) is 3.56. The summed E-state index contributed by atoms with van der Waals surface area (Å²) in [5.41, 5.74) is 1.08. The van der Waals surface area contributed by atoms with Gasteiger partial charge in [-0.1, -0.05) is 26.1 Å². The fraction of sp³-hybridized carbons (Fsp3) is 0.571. The Morgan fingerprint density at radius 1 is 1.50 bits per heavy atom. The lowest BCUT2D eigenvalue weighted by atomic mass is 9.55. The van der Waals surface area contributed by atoms with E-state index in [1.165, 1.54) is 0 Å². The Morgan fingerprint density at radius 2 is 2.20 bits per heavy atom. The summed E-state index contributed by atoms with van der Waals surface area (Å²) >= 11 is 0. The second-order valence-electron chi connectivity index (χ2n) is 3.77. The van der Waals surface area contributed by atoms with Gasteiger partial charge in [-0.2, -0.15) is 0 Å². The van der Waals surface area contributed by atoms with Crippen LogP contribution in [0.2, 0.25) is 5.31 Å². The maximum absolute atomic E-state index is 4.15. The highest BCUT2D eigenvalue weighted by Crippen LogP contribution is 2.18. The summed E-state index contributed by atoms with van der Waals surface area (Å²) in [4.78, 5) is 7.23. The van der Waals surface area contributed by atoms with E-state index in [2.05, 4.69) is 30.7 Å². The van der Waals surface area contributed by atoms with Crippen molar-refractivity contribution in [1.82, 2.24) is 9.97 Å². The van der Waals surface area contributed by atoms with E-state index in [0.29, 0.717) is 5.31 Å². The highest BCUT2D eigenvalue weighted by atomic mass is 14.9. The first kappa shape index (κ1) is 7.38. The van der Waals surface area contributed by atoms with Crippen molar-refractivity contribution in [2.45, 2.75) is 26.1 Å². The van der Waals surface area contributed by atoms with Crippen molar-refractivity contribution in [3.8, 4) is 0 Å². The molecule has 0 spiro atoms. The number of H-pyrrole nitrogens is 1. The van der Waals surface area contributed by atoms with Gasteiger partial charge in [-0.25, -0.2) is 0 Å². The lowest BCUT2D eigenvalue weighted by Gasteiger charge is -2.13. The molecule has 0 atom stereocenters. The summed E-state index contributed by atoms with van der Waals surface area (Å²) < 4.78 is 0. The third-order valence-corrected chi connectivity index (χ3v) is 1.25. The van der Waals surface area contributed by atoms with E-state index in [-0.39, 0.29) is 0 Å². The van der Waals surface area contributed by atoms with Gasteiger partial charge in [0.2, 0.25) is 7.28 Å². The SMILES string of the molecule is CC(C)(C)Bc1ncc[nH]1. The molecule has 0 bridgehead atoms. The van der Waals surface area contributed by atoms with Gasteiger partial charge >= 0.3 is 0 Å². The summed E-state index contributed by atoms with van der Waals surface area (Å²) in [7, 11) is 1.01. The van der Waals surface area contributed by atoms with E-state index in [4.69, 9.17) is 0 Å². The van der Waals surface area contributed by atoms with E-state index in [1.807, 2.05) is 6.20 Å². The normalized spacial score (nSPS) is 11.5. The molecule has 2 nitrogen and oxygen atoms in total. The molecule has 1 aromatic rings. The van der Waals surface area contributed by atoms with Crippen LogP contribution in [0.15, 0.2) is 12.4 Å². The molecule has 0 unspecified atom stereocenters. The van der Waals surface area contributed by atoms with Gasteiger partial charge in [0.05, 0.1) is 5.72 Å². The fourth-order valence-electron chi connectivity index (χ4n) is 0.897. The van der Waals surface area contributed by atoms with E-state index in [9.17, 15) is 0 Å². The summed E-state index contributed by atoms with van der Waals surface area (Å²) in [6, 6.07) is 0. The number of rotatable bonds is 1. The lowest BCUT2D eigenvalue weighted by Crippen LogP contribution is -2.26. The minimum Gasteiger partial charge on any atom is -0.357 e. The van der Waals surface area contributed by atoms with E-state index >= 15 is 0 Å². The Morgan fingerprint density at radius 3 is 2.60 bits per heavy atom. The number of aromatic amines is 1. The van der Waals surface area contributed by atoms with E-state index in [1.54, 1.807) is 6.20 Å². The summed E-state index contributed by atoms with van der Waals surface area (Å²) in [5, 5.41) is 0.331.